The minimum Gasteiger partial charge on any atom is -0.382 e. The number of unbranched alkanes of at least 4 members (excludes halogenated alkanes) is 1. The molecule has 1 heterocycles. The number of halogens is 1. The molecule has 0 radical (unpaired) electrons. The second-order valence-electron chi connectivity index (χ2n) is 9.54. The van der Waals surface area contributed by atoms with Crippen molar-refractivity contribution in [3.8, 4) is 0 Å². The summed E-state index contributed by atoms with van der Waals surface area (Å²) in [6.45, 7) is 8.04. The number of ether oxygens (including phenoxy) is 1. The molecule has 3 rings (SSSR count). The van der Waals surface area contributed by atoms with Crippen molar-refractivity contribution in [2.75, 3.05) is 32.8 Å². The van der Waals surface area contributed by atoms with E-state index in [-0.39, 0.29) is 18.5 Å². The van der Waals surface area contributed by atoms with Crippen LogP contribution in [0.5, 0.6) is 0 Å². The number of carbonyl (C=O) groups excluding carboxylic acids is 2. The lowest BCUT2D eigenvalue weighted by atomic mass is 10.2. The summed E-state index contributed by atoms with van der Waals surface area (Å²) in [6.07, 6.45) is 4.62. The molecule has 0 aliphatic rings. The molecule has 39 heavy (non-hydrogen) atoms. The second-order valence-corrected chi connectivity index (χ2v) is 10.5. The molecule has 3 aromatic rings. The quantitative estimate of drug-likeness (QED) is 0.204. The fourth-order valence-corrected chi connectivity index (χ4v) is 4.54. The lowest BCUT2D eigenvalue weighted by Gasteiger charge is -2.28. The number of nitrogens with zero attached hydrogens (tertiary/aromatic N) is 3. The van der Waals surface area contributed by atoms with E-state index in [0.29, 0.717) is 45.8 Å². The van der Waals surface area contributed by atoms with Gasteiger partial charge in [0, 0.05) is 55.8 Å². The van der Waals surface area contributed by atoms with Gasteiger partial charge in [0.15, 0.2) is 0 Å². The van der Waals surface area contributed by atoms with Gasteiger partial charge in [0.05, 0.1) is 6.54 Å². The monoisotopic (exact) mass is 596 g/mol. The average molecular weight is 598 g/mol. The van der Waals surface area contributed by atoms with E-state index in [1.807, 2.05) is 60.4 Å². The van der Waals surface area contributed by atoms with Gasteiger partial charge in [0.25, 0.3) is 0 Å². The minimum atomic E-state index is -0.238. The van der Waals surface area contributed by atoms with Crippen LogP contribution < -0.4 is 5.32 Å². The molecule has 2 aromatic carbocycles. The van der Waals surface area contributed by atoms with E-state index in [1.54, 1.807) is 4.90 Å². The van der Waals surface area contributed by atoms with Gasteiger partial charge in [-0.25, -0.2) is 4.79 Å². The molecule has 1 aromatic heterocycles. The summed E-state index contributed by atoms with van der Waals surface area (Å²) in [5.74, 6) is -0.0499. The Morgan fingerprint density at radius 2 is 1.64 bits per heavy atom. The summed E-state index contributed by atoms with van der Waals surface area (Å²) in [5.41, 5.74) is 3.28. The normalized spacial score (nSPS) is 10.8. The first-order valence-corrected chi connectivity index (χ1v) is 14.6. The highest BCUT2D eigenvalue weighted by Crippen LogP contribution is 2.15. The zero-order chi connectivity index (χ0) is 27.9. The number of amides is 3. The molecular formula is C31H41BrN4O3. The average Bonchev–Trinajstić information content (AvgIpc) is 3.39. The number of carbonyl (C=O) groups is 2. The van der Waals surface area contributed by atoms with Gasteiger partial charge >= 0.3 is 6.03 Å². The third-order valence-electron chi connectivity index (χ3n) is 6.50. The molecule has 1 N–H and O–H groups in total. The molecule has 0 aliphatic carbocycles. The highest BCUT2D eigenvalue weighted by atomic mass is 79.9. The van der Waals surface area contributed by atoms with Crippen molar-refractivity contribution in [2.45, 2.75) is 52.7 Å². The van der Waals surface area contributed by atoms with Crippen LogP contribution in [0.2, 0.25) is 0 Å². The summed E-state index contributed by atoms with van der Waals surface area (Å²) in [5, 5.41) is 2.98. The van der Waals surface area contributed by atoms with Gasteiger partial charge in [-0.3, -0.25) is 4.79 Å². The highest BCUT2D eigenvalue weighted by molar-refractivity contribution is 9.10. The molecule has 0 aliphatic heterocycles. The van der Waals surface area contributed by atoms with Crippen LogP contribution in [0.3, 0.4) is 0 Å². The van der Waals surface area contributed by atoms with Crippen LogP contribution in [0.15, 0.2) is 77.4 Å². The lowest BCUT2D eigenvalue weighted by Crippen LogP contribution is -2.47. The molecule has 0 saturated carbocycles. The lowest BCUT2D eigenvalue weighted by molar-refractivity contribution is -0.132. The van der Waals surface area contributed by atoms with Crippen molar-refractivity contribution in [1.29, 1.82) is 0 Å². The standard InChI is InChI=1S/C31H41BrN4O3/c1-3-5-18-35(24-29-13-9-19-34(29)23-27-14-16-28(32)17-15-27)30(37)25-36(20-10-21-39-4-2)31(38)33-22-26-11-7-6-8-12-26/h6-9,11-17,19H,3-5,10,18,20-25H2,1-2H3,(H,33,38). The van der Waals surface area contributed by atoms with Crippen molar-refractivity contribution in [3.05, 3.63) is 94.2 Å². The third kappa shape index (κ3) is 10.5. The zero-order valence-corrected chi connectivity index (χ0v) is 24.7. The maximum Gasteiger partial charge on any atom is 0.318 e. The Bertz CT molecular complexity index is 1130. The number of aromatic nitrogens is 1. The van der Waals surface area contributed by atoms with Gasteiger partial charge in [-0.1, -0.05) is 71.7 Å². The zero-order valence-electron chi connectivity index (χ0n) is 23.2. The molecule has 210 valence electrons. The van der Waals surface area contributed by atoms with E-state index in [9.17, 15) is 9.59 Å². The molecule has 8 heteroatoms. The molecule has 0 atom stereocenters. The van der Waals surface area contributed by atoms with E-state index in [4.69, 9.17) is 4.74 Å². The van der Waals surface area contributed by atoms with Crippen LogP contribution in [0, 0.1) is 0 Å². The Labute approximate surface area is 241 Å². The maximum absolute atomic E-state index is 13.6. The molecular weight excluding hydrogens is 556 g/mol. The van der Waals surface area contributed by atoms with Crippen molar-refractivity contribution >= 4 is 27.9 Å². The number of nitrogens with one attached hydrogen (secondary N) is 1. The van der Waals surface area contributed by atoms with Gasteiger partial charge in [-0.05, 0) is 55.2 Å². The largest absolute Gasteiger partial charge is 0.382 e. The van der Waals surface area contributed by atoms with Crippen LogP contribution in [0.1, 0.15) is 49.9 Å². The first kappa shape index (κ1) is 30.4. The van der Waals surface area contributed by atoms with Crippen molar-refractivity contribution in [1.82, 2.24) is 19.7 Å². The Kier molecular flexibility index (Phi) is 13.1. The maximum atomic E-state index is 13.6. The second kappa shape index (κ2) is 16.8. The number of hydrogen-bond donors (Lipinski definition) is 1. The number of hydrogen-bond acceptors (Lipinski definition) is 3. The Morgan fingerprint density at radius 1 is 0.897 bits per heavy atom. The predicted molar refractivity (Wildman–Crippen MR) is 159 cm³/mol. The van der Waals surface area contributed by atoms with E-state index in [0.717, 1.165) is 35.1 Å². The van der Waals surface area contributed by atoms with E-state index in [2.05, 4.69) is 57.1 Å². The van der Waals surface area contributed by atoms with E-state index >= 15 is 0 Å². The van der Waals surface area contributed by atoms with Crippen LogP contribution in [0.4, 0.5) is 4.79 Å². The van der Waals surface area contributed by atoms with Crippen molar-refractivity contribution < 1.29 is 14.3 Å². The minimum absolute atomic E-state index is 0.0316. The Hall–Kier alpha value is -3.10. The molecule has 7 nitrogen and oxygen atoms in total. The number of urea groups is 1. The molecule has 0 bridgehead atoms. The molecule has 0 unspecified atom stereocenters. The Morgan fingerprint density at radius 3 is 2.36 bits per heavy atom. The van der Waals surface area contributed by atoms with Crippen LogP contribution in [-0.2, 0) is 29.2 Å². The fourth-order valence-electron chi connectivity index (χ4n) is 4.27. The van der Waals surface area contributed by atoms with Crippen LogP contribution in [-0.4, -0.2) is 59.2 Å². The highest BCUT2D eigenvalue weighted by Gasteiger charge is 2.22. The van der Waals surface area contributed by atoms with Gasteiger partial charge in [0.1, 0.15) is 6.54 Å². The first-order chi connectivity index (χ1) is 19.0. The summed E-state index contributed by atoms with van der Waals surface area (Å²) >= 11 is 3.49. The Balaban J connectivity index is 1.68. The smallest absolute Gasteiger partial charge is 0.318 e. The summed E-state index contributed by atoms with van der Waals surface area (Å²) in [7, 11) is 0. The number of benzene rings is 2. The molecule has 3 amide bonds. The summed E-state index contributed by atoms with van der Waals surface area (Å²) in [6, 6.07) is 21.9. The third-order valence-corrected chi connectivity index (χ3v) is 7.03. The van der Waals surface area contributed by atoms with Crippen molar-refractivity contribution in [2.24, 2.45) is 0 Å². The summed E-state index contributed by atoms with van der Waals surface area (Å²) in [4.78, 5) is 30.3. The van der Waals surface area contributed by atoms with Crippen LogP contribution >= 0.6 is 15.9 Å². The van der Waals surface area contributed by atoms with Gasteiger partial charge in [-0.15, -0.1) is 0 Å². The van der Waals surface area contributed by atoms with E-state index < -0.39 is 0 Å². The van der Waals surface area contributed by atoms with Crippen LogP contribution in [0.25, 0.3) is 0 Å². The topological polar surface area (TPSA) is 66.8 Å². The fraction of sp³-hybridized carbons (Fsp3) is 0.419. The summed E-state index contributed by atoms with van der Waals surface area (Å²) < 4.78 is 8.71. The van der Waals surface area contributed by atoms with Gasteiger partial charge in [0.2, 0.25) is 5.91 Å². The molecule has 0 fully saturated rings. The number of rotatable bonds is 16. The van der Waals surface area contributed by atoms with Gasteiger partial charge in [-0.2, -0.15) is 0 Å². The predicted octanol–water partition coefficient (Wildman–Crippen LogP) is 6.07. The molecule has 0 saturated heterocycles. The van der Waals surface area contributed by atoms with Crippen molar-refractivity contribution in [3.63, 3.8) is 0 Å². The molecule has 0 spiro atoms. The first-order valence-electron chi connectivity index (χ1n) is 13.8. The van der Waals surface area contributed by atoms with E-state index in [1.165, 1.54) is 5.56 Å². The van der Waals surface area contributed by atoms with Gasteiger partial charge < -0.3 is 24.4 Å². The SMILES string of the molecule is CCCCN(Cc1cccn1Cc1ccc(Br)cc1)C(=O)CN(CCCOCC)C(=O)NCc1ccccc1.